The number of aromatic nitrogens is 1. The van der Waals surface area contributed by atoms with Gasteiger partial charge in [-0.1, -0.05) is 78.9 Å². The van der Waals surface area contributed by atoms with Crippen LogP contribution in [0.25, 0.3) is 10.9 Å². The summed E-state index contributed by atoms with van der Waals surface area (Å²) in [7, 11) is 0. The van der Waals surface area contributed by atoms with Crippen LogP contribution < -0.4 is 21.3 Å². The Morgan fingerprint density at radius 1 is 0.438 bits per heavy atom. The molecule has 0 spiro atoms. The van der Waals surface area contributed by atoms with E-state index in [4.69, 9.17) is 34.3 Å². The molecule has 0 radical (unpaired) electrons. The molecule has 402 valence electrons. The highest BCUT2D eigenvalue weighted by atomic mass is 16.6. The minimum atomic E-state index is -1.10. The molecule has 0 aliphatic rings. The van der Waals surface area contributed by atoms with Crippen molar-refractivity contribution in [2.75, 3.05) is 0 Å². The average molecular weight is 1020 g/mol. The molecule has 0 bridgehead atoms. The third-order valence-electron chi connectivity index (χ3n) is 8.74. The van der Waals surface area contributed by atoms with Crippen LogP contribution in [0.15, 0.2) is 91.1 Å². The summed E-state index contributed by atoms with van der Waals surface area (Å²) in [5, 5.41) is 46.2. The van der Waals surface area contributed by atoms with Gasteiger partial charge in [0.15, 0.2) is 0 Å². The van der Waals surface area contributed by atoms with E-state index in [0.717, 1.165) is 27.6 Å². The maximum Gasteiger partial charge on any atom is 0.408 e. The molecule has 0 unspecified atom stereocenters. The molecular weight excluding hydrogens is 951 g/mol. The molecule has 4 amide bonds. The van der Waals surface area contributed by atoms with Gasteiger partial charge in [0.05, 0.1) is 0 Å². The second-order valence-corrected chi connectivity index (χ2v) is 20.3. The standard InChI is InChI=1S/C16H20N2O4.2C14H19NO4.C8H15NO4/c1-16(2,3)22-15(21)18-13(14(19)20)8-10-9-17-12-7-5-4-6-11(10)12;2*1-14(2,3)19-13(18)15-11(12(16)17)9-10-7-5-4-6-8-10;1-5(6(10)11)9-7(12)13-8(2,3)4/h4-7,9,13,17H,8H2,1-3H3,(H,18,21)(H,19,20);2*4-8,11H,9H2,1-3H3,(H,15,18)(H,16,17);5H,1-4H3,(H,9,12)(H,10,11)/t13-;2*11-;5-/m1000/s1. The number of ether oxygens (including phenoxy) is 4. The van der Waals surface area contributed by atoms with Crippen molar-refractivity contribution < 1.29 is 77.7 Å². The van der Waals surface area contributed by atoms with E-state index < -0.39 is 94.8 Å². The summed E-state index contributed by atoms with van der Waals surface area (Å²) in [4.78, 5) is 92.9. The van der Waals surface area contributed by atoms with Crippen molar-refractivity contribution >= 4 is 59.2 Å². The highest BCUT2D eigenvalue weighted by Gasteiger charge is 2.27. The number of nitrogens with one attached hydrogen (secondary N) is 5. The number of carbonyl (C=O) groups is 8. The van der Waals surface area contributed by atoms with E-state index in [0.29, 0.717) is 0 Å². The molecule has 21 heteroatoms. The molecule has 3 aromatic carbocycles. The predicted octanol–water partition coefficient (Wildman–Crippen LogP) is 8.09. The summed E-state index contributed by atoms with van der Waals surface area (Å²) in [6, 6.07) is 21.8. The molecule has 1 aromatic heterocycles. The van der Waals surface area contributed by atoms with Crippen LogP contribution in [0.4, 0.5) is 19.2 Å². The Morgan fingerprint density at radius 3 is 1.05 bits per heavy atom. The van der Waals surface area contributed by atoms with Crippen molar-refractivity contribution in [1.82, 2.24) is 26.3 Å². The third-order valence-corrected chi connectivity index (χ3v) is 8.74. The van der Waals surface area contributed by atoms with Crippen LogP contribution in [0.1, 0.15) is 107 Å². The summed E-state index contributed by atoms with van der Waals surface area (Å²) in [6.45, 7) is 22.0. The lowest BCUT2D eigenvalue weighted by Crippen LogP contribution is -2.44. The third kappa shape index (κ3) is 29.2. The van der Waals surface area contributed by atoms with Gasteiger partial charge in [0.25, 0.3) is 0 Å². The summed E-state index contributed by atoms with van der Waals surface area (Å²) in [6.07, 6.45) is -0.533. The highest BCUT2D eigenvalue weighted by molar-refractivity contribution is 5.86. The Hall–Kier alpha value is -7.84. The zero-order valence-electron chi connectivity index (χ0n) is 43.8. The minimum absolute atomic E-state index is 0.179. The van der Waals surface area contributed by atoms with Crippen molar-refractivity contribution in [3.8, 4) is 0 Å². The maximum atomic E-state index is 11.8. The van der Waals surface area contributed by atoms with Crippen LogP contribution >= 0.6 is 0 Å². The molecule has 9 N–H and O–H groups in total. The van der Waals surface area contributed by atoms with E-state index in [1.54, 1.807) is 89.3 Å². The number of hydrogen-bond acceptors (Lipinski definition) is 12. The molecule has 21 nitrogen and oxygen atoms in total. The number of amides is 4. The Balaban J connectivity index is 0.000000494. The van der Waals surface area contributed by atoms with E-state index in [1.165, 1.54) is 6.92 Å². The molecule has 1 heterocycles. The van der Waals surface area contributed by atoms with Gasteiger partial charge in [-0.15, -0.1) is 0 Å². The number of carboxylic acid groups (broad SMARTS) is 4. The maximum absolute atomic E-state index is 11.8. The van der Waals surface area contributed by atoms with Gasteiger partial charge >= 0.3 is 48.3 Å². The van der Waals surface area contributed by atoms with E-state index in [9.17, 15) is 43.5 Å². The molecule has 0 aliphatic heterocycles. The zero-order chi connectivity index (χ0) is 55.9. The van der Waals surface area contributed by atoms with Crippen molar-refractivity contribution in [1.29, 1.82) is 0 Å². The van der Waals surface area contributed by atoms with Crippen molar-refractivity contribution in [3.05, 3.63) is 108 Å². The van der Waals surface area contributed by atoms with E-state index >= 15 is 0 Å². The van der Waals surface area contributed by atoms with Gasteiger partial charge in [-0.05, 0) is 113 Å². The first-order chi connectivity index (χ1) is 33.5. The molecule has 4 atom stereocenters. The first kappa shape index (κ1) is 63.2. The van der Waals surface area contributed by atoms with Crippen LogP contribution in [-0.4, -0.2) is 120 Å². The van der Waals surface area contributed by atoms with Crippen molar-refractivity contribution in [3.63, 3.8) is 0 Å². The molecule has 0 aliphatic carbocycles. The molecule has 73 heavy (non-hydrogen) atoms. The number of H-pyrrole nitrogens is 1. The lowest BCUT2D eigenvalue weighted by Gasteiger charge is -2.22. The number of benzene rings is 3. The number of hydrogen-bond donors (Lipinski definition) is 9. The first-order valence-corrected chi connectivity index (χ1v) is 23.1. The Labute approximate surface area is 425 Å². The normalized spacial score (nSPS) is 12.8. The van der Waals surface area contributed by atoms with Gasteiger partial charge in [0.1, 0.15) is 46.6 Å². The second kappa shape index (κ2) is 28.9. The fraction of sp³-hybridized carbons (Fsp3) is 0.462. The van der Waals surface area contributed by atoms with E-state index in [-0.39, 0.29) is 19.3 Å². The number of para-hydroxylation sites is 1. The molecule has 0 saturated heterocycles. The van der Waals surface area contributed by atoms with Gasteiger partial charge in [0, 0.05) is 36.4 Å². The molecule has 0 saturated carbocycles. The molecule has 0 fully saturated rings. The summed E-state index contributed by atoms with van der Waals surface area (Å²) < 4.78 is 20.0. The Bertz CT molecular complexity index is 2330. The zero-order valence-corrected chi connectivity index (χ0v) is 43.8. The van der Waals surface area contributed by atoms with Gasteiger partial charge in [0.2, 0.25) is 0 Å². The van der Waals surface area contributed by atoms with Gasteiger partial charge < -0.3 is 65.6 Å². The second-order valence-electron chi connectivity index (χ2n) is 20.3. The van der Waals surface area contributed by atoms with Gasteiger partial charge in [-0.3, -0.25) is 4.79 Å². The number of aliphatic carboxylic acids is 4. The van der Waals surface area contributed by atoms with Crippen LogP contribution in [0, 0.1) is 0 Å². The monoisotopic (exact) mass is 1020 g/mol. The summed E-state index contributed by atoms with van der Waals surface area (Å²) in [5.41, 5.74) is 0.852. The van der Waals surface area contributed by atoms with Gasteiger partial charge in [-0.2, -0.15) is 0 Å². The molecular formula is C52H73N5O16. The number of rotatable bonds is 14. The quantitative estimate of drug-likeness (QED) is 0.0539. The Morgan fingerprint density at radius 2 is 0.740 bits per heavy atom. The van der Waals surface area contributed by atoms with Crippen LogP contribution in [0.3, 0.4) is 0 Å². The lowest BCUT2D eigenvalue weighted by atomic mass is 10.1. The number of alkyl carbamates (subject to hydrolysis) is 4. The van der Waals surface area contributed by atoms with E-state index in [2.05, 4.69) is 26.3 Å². The Kier molecular flexibility index (Phi) is 25.0. The SMILES string of the molecule is CC(C)(C)OC(=O)N[C@@H](Cc1ccccc1)C(=O)O.CC(C)(C)OC(=O)N[C@@H](Cc1ccccc1)C(=O)O.CC(C)(C)OC(=O)N[C@H](Cc1c[nH]c2ccccc12)C(=O)O.C[C@H](NC(=O)OC(C)(C)C)C(=O)O. The number of carboxylic acids is 4. The van der Waals surface area contributed by atoms with Crippen LogP contribution in [0.2, 0.25) is 0 Å². The van der Waals surface area contributed by atoms with Crippen molar-refractivity contribution in [2.24, 2.45) is 0 Å². The van der Waals surface area contributed by atoms with Crippen LogP contribution in [0.5, 0.6) is 0 Å². The number of fused-ring (bicyclic) bond motifs is 1. The summed E-state index contributed by atoms with van der Waals surface area (Å²) in [5.74, 6) is -4.37. The topological polar surface area (TPSA) is 318 Å². The van der Waals surface area contributed by atoms with E-state index in [1.807, 2.05) is 84.9 Å². The fourth-order valence-corrected chi connectivity index (χ4v) is 5.72. The smallest absolute Gasteiger partial charge is 0.408 e. The summed E-state index contributed by atoms with van der Waals surface area (Å²) >= 11 is 0. The van der Waals surface area contributed by atoms with Crippen molar-refractivity contribution in [2.45, 2.75) is 156 Å². The first-order valence-electron chi connectivity index (χ1n) is 23.1. The minimum Gasteiger partial charge on any atom is -0.480 e. The predicted molar refractivity (Wildman–Crippen MR) is 271 cm³/mol. The average Bonchev–Trinajstić information content (AvgIpc) is 3.64. The van der Waals surface area contributed by atoms with Gasteiger partial charge in [-0.25, -0.2) is 33.6 Å². The highest BCUT2D eigenvalue weighted by Crippen LogP contribution is 2.20. The molecule has 4 rings (SSSR count). The van der Waals surface area contributed by atoms with Crippen LogP contribution in [-0.2, 0) is 57.4 Å². The number of aromatic amines is 1. The lowest BCUT2D eigenvalue weighted by molar-refractivity contribution is -0.140. The number of carbonyl (C=O) groups excluding carboxylic acids is 4. The molecule has 4 aromatic rings. The largest absolute Gasteiger partial charge is 0.480 e. The fourth-order valence-electron chi connectivity index (χ4n) is 5.72.